The molecule has 2 N–H and O–H groups in total. The Labute approximate surface area is 144 Å². The quantitative estimate of drug-likeness (QED) is 0.766. The Morgan fingerprint density at radius 2 is 2.04 bits per heavy atom. The molecule has 126 valence electrons. The molecule has 0 amide bonds. The van der Waals surface area contributed by atoms with Crippen molar-refractivity contribution >= 4 is 0 Å². The number of hydrogen-bond acceptors (Lipinski definition) is 5. The predicted octanol–water partition coefficient (Wildman–Crippen LogP) is 2.10. The minimum atomic E-state index is -0.0857. The Kier molecular flexibility index (Phi) is 4.03. The summed E-state index contributed by atoms with van der Waals surface area (Å²) >= 11 is 0. The molecule has 1 aromatic carbocycles. The van der Waals surface area contributed by atoms with Crippen LogP contribution in [-0.4, -0.2) is 31.5 Å². The van der Waals surface area contributed by atoms with Crippen molar-refractivity contribution in [3.63, 3.8) is 0 Å². The van der Waals surface area contributed by atoms with Crippen LogP contribution in [0.15, 0.2) is 53.6 Å². The number of phenols is 1. The first-order chi connectivity index (χ1) is 12.2. The van der Waals surface area contributed by atoms with Crippen LogP contribution in [0.1, 0.15) is 16.8 Å². The average molecular weight is 334 g/mol. The Morgan fingerprint density at radius 1 is 1.20 bits per heavy atom. The molecule has 0 atom stereocenters. The van der Waals surface area contributed by atoms with Gasteiger partial charge in [0.2, 0.25) is 0 Å². The maximum atomic E-state index is 12.5. The highest BCUT2D eigenvalue weighted by molar-refractivity contribution is 5.54. The molecule has 4 rings (SSSR count). The normalized spacial score (nSPS) is 14.2. The summed E-state index contributed by atoms with van der Waals surface area (Å²) in [7, 11) is 0. The van der Waals surface area contributed by atoms with E-state index in [1.807, 2.05) is 24.3 Å². The number of nitrogens with zero attached hydrogens (tertiary/aromatic N) is 3. The molecule has 1 aliphatic rings. The van der Waals surface area contributed by atoms with E-state index in [-0.39, 0.29) is 11.3 Å². The van der Waals surface area contributed by atoms with Crippen LogP contribution in [0.3, 0.4) is 0 Å². The van der Waals surface area contributed by atoms with E-state index < -0.39 is 0 Å². The average Bonchev–Trinajstić information content (AvgIpc) is 2.63. The van der Waals surface area contributed by atoms with E-state index >= 15 is 0 Å². The summed E-state index contributed by atoms with van der Waals surface area (Å²) in [4.78, 5) is 26.3. The van der Waals surface area contributed by atoms with Crippen LogP contribution in [0.2, 0.25) is 0 Å². The number of rotatable bonds is 3. The standard InChI is InChI=1S/C19H18N4O2/c24-15-3-1-2-13(10-15)11-23-9-6-17-16(12-23)19(25)22-18(21-17)14-4-7-20-8-5-14/h1-5,7-8,10,24H,6,9,11-12H2,(H,21,22,25). The van der Waals surface area contributed by atoms with Gasteiger partial charge in [0, 0.05) is 44.0 Å². The summed E-state index contributed by atoms with van der Waals surface area (Å²) in [5, 5.41) is 9.60. The molecule has 0 radical (unpaired) electrons. The first-order valence-electron chi connectivity index (χ1n) is 8.22. The van der Waals surface area contributed by atoms with Crippen molar-refractivity contribution in [3.8, 4) is 17.1 Å². The van der Waals surface area contributed by atoms with Crippen molar-refractivity contribution in [2.75, 3.05) is 6.54 Å². The number of aromatic amines is 1. The second-order valence-corrected chi connectivity index (χ2v) is 6.21. The molecule has 0 spiro atoms. The van der Waals surface area contributed by atoms with Gasteiger partial charge >= 0.3 is 0 Å². The predicted molar refractivity (Wildman–Crippen MR) is 94.0 cm³/mol. The number of pyridine rings is 1. The molecule has 6 nitrogen and oxygen atoms in total. The van der Waals surface area contributed by atoms with Crippen molar-refractivity contribution in [1.29, 1.82) is 0 Å². The number of nitrogens with one attached hydrogen (secondary N) is 1. The molecule has 6 heteroatoms. The molecular weight excluding hydrogens is 316 g/mol. The lowest BCUT2D eigenvalue weighted by atomic mass is 10.1. The van der Waals surface area contributed by atoms with Gasteiger partial charge in [-0.05, 0) is 29.8 Å². The second kappa shape index (κ2) is 6.49. The van der Waals surface area contributed by atoms with Crippen LogP contribution >= 0.6 is 0 Å². The van der Waals surface area contributed by atoms with E-state index in [0.29, 0.717) is 18.9 Å². The molecule has 0 aliphatic carbocycles. The molecule has 25 heavy (non-hydrogen) atoms. The fraction of sp³-hybridized carbons (Fsp3) is 0.211. The zero-order valence-electron chi connectivity index (χ0n) is 13.6. The summed E-state index contributed by atoms with van der Waals surface area (Å²) in [6, 6.07) is 10.9. The summed E-state index contributed by atoms with van der Waals surface area (Å²) in [6.45, 7) is 2.08. The lowest BCUT2D eigenvalue weighted by Gasteiger charge is -2.27. The third-order valence-corrected chi connectivity index (χ3v) is 4.42. The fourth-order valence-corrected chi connectivity index (χ4v) is 3.18. The molecule has 3 aromatic rings. The van der Waals surface area contributed by atoms with Gasteiger partial charge in [0.15, 0.2) is 0 Å². The Balaban J connectivity index is 1.58. The Morgan fingerprint density at radius 3 is 2.84 bits per heavy atom. The van der Waals surface area contributed by atoms with E-state index in [1.165, 1.54) is 0 Å². The van der Waals surface area contributed by atoms with Crippen molar-refractivity contribution in [2.24, 2.45) is 0 Å². The molecule has 1 aliphatic heterocycles. The monoisotopic (exact) mass is 334 g/mol. The zero-order chi connectivity index (χ0) is 17.2. The van der Waals surface area contributed by atoms with Gasteiger partial charge in [-0.3, -0.25) is 14.7 Å². The minimum Gasteiger partial charge on any atom is -0.508 e. The van der Waals surface area contributed by atoms with Gasteiger partial charge in [-0.1, -0.05) is 12.1 Å². The first kappa shape index (κ1) is 15.5. The first-order valence-corrected chi connectivity index (χ1v) is 8.22. The molecular formula is C19H18N4O2. The minimum absolute atomic E-state index is 0.0857. The smallest absolute Gasteiger partial charge is 0.255 e. The molecule has 0 saturated heterocycles. The highest BCUT2D eigenvalue weighted by Gasteiger charge is 2.21. The summed E-state index contributed by atoms with van der Waals surface area (Å²) < 4.78 is 0. The third-order valence-electron chi connectivity index (χ3n) is 4.42. The molecule has 0 fully saturated rings. The maximum absolute atomic E-state index is 12.5. The SMILES string of the molecule is O=c1[nH]c(-c2ccncc2)nc2c1CN(Cc1cccc(O)c1)CC2. The summed E-state index contributed by atoms with van der Waals surface area (Å²) in [5.74, 6) is 0.851. The van der Waals surface area contributed by atoms with Crippen molar-refractivity contribution < 1.29 is 5.11 Å². The van der Waals surface area contributed by atoms with Gasteiger partial charge in [-0.15, -0.1) is 0 Å². The molecule has 0 saturated carbocycles. The number of hydrogen-bond donors (Lipinski definition) is 2. The van der Waals surface area contributed by atoms with E-state index in [2.05, 4.69) is 19.9 Å². The van der Waals surface area contributed by atoms with Crippen molar-refractivity contribution in [1.82, 2.24) is 19.9 Å². The summed E-state index contributed by atoms with van der Waals surface area (Å²) in [6.07, 6.45) is 4.10. The molecule has 2 aromatic heterocycles. The Bertz CT molecular complexity index is 953. The fourth-order valence-electron chi connectivity index (χ4n) is 3.18. The number of phenolic OH excluding ortho intramolecular Hbond substituents is 1. The number of benzene rings is 1. The molecule has 0 bridgehead atoms. The van der Waals surface area contributed by atoms with Crippen molar-refractivity contribution in [3.05, 3.63) is 76.0 Å². The van der Waals surface area contributed by atoms with Gasteiger partial charge in [0.25, 0.3) is 5.56 Å². The van der Waals surface area contributed by atoms with E-state index in [4.69, 9.17) is 0 Å². The highest BCUT2D eigenvalue weighted by Crippen LogP contribution is 2.20. The van der Waals surface area contributed by atoms with Crippen LogP contribution in [0.4, 0.5) is 0 Å². The van der Waals surface area contributed by atoms with Crippen LogP contribution in [-0.2, 0) is 19.5 Å². The highest BCUT2D eigenvalue weighted by atomic mass is 16.3. The Hall–Kier alpha value is -2.99. The second-order valence-electron chi connectivity index (χ2n) is 6.21. The lowest BCUT2D eigenvalue weighted by Crippen LogP contribution is -2.35. The van der Waals surface area contributed by atoms with Gasteiger partial charge < -0.3 is 10.1 Å². The van der Waals surface area contributed by atoms with Gasteiger partial charge in [0.1, 0.15) is 11.6 Å². The van der Waals surface area contributed by atoms with Crippen molar-refractivity contribution in [2.45, 2.75) is 19.5 Å². The van der Waals surface area contributed by atoms with E-state index in [1.54, 1.807) is 24.5 Å². The molecule has 3 heterocycles. The lowest BCUT2D eigenvalue weighted by molar-refractivity contribution is 0.241. The largest absolute Gasteiger partial charge is 0.508 e. The van der Waals surface area contributed by atoms with Crippen LogP contribution in [0, 0.1) is 0 Å². The van der Waals surface area contributed by atoms with E-state index in [9.17, 15) is 9.90 Å². The number of aromatic hydroxyl groups is 1. The number of H-pyrrole nitrogens is 1. The van der Waals surface area contributed by atoms with Gasteiger partial charge in [-0.25, -0.2) is 4.98 Å². The maximum Gasteiger partial charge on any atom is 0.255 e. The van der Waals surface area contributed by atoms with Gasteiger partial charge in [0.05, 0.1) is 11.3 Å². The third kappa shape index (κ3) is 3.29. The topological polar surface area (TPSA) is 82.1 Å². The zero-order valence-corrected chi connectivity index (χ0v) is 13.6. The summed E-state index contributed by atoms with van der Waals surface area (Å²) in [5.41, 5.74) is 3.39. The van der Waals surface area contributed by atoms with Gasteiger partial charge in [-0.2, -0.15) is 0 Å². The van der Waals surface area contributed by atoms with Crippen LogP contribution in [0.5, 0.6) is 5.75 Å². The number of aromatic nitrogens is 3. The van der Waals surface area contributed by atoms with Crippen LogP contribution < -0.4 is 5.56 Å². The van der Waals surface area contributed by atoms with Crippen LogP contribution in [0.25, 0.3) is 11.4 Å². The van der Waals surface area contributed by atoms with E-state index in [0.717, 1.165) is 35.3 Å². The number of fused-ring (bicyclic) bond motifs is 1. The molecule has 0 unspecified atom stereocenters.